The standard InChI is InChI=1S/C79H154O17P2/c1-69(2)55-47-39-31-24-18-13-10-9-11-15-22-28-36-45-53-61-78(83)96-75(66-90-77(82)60-52-44-38-30-34-42-50-58-72(7)8)68-94-98(87,88)92-64-73(80)63-91-97(85,86)93-67-74(95-79(84)62-54-46-37-29-23-17-20-26-33-41-49-57-71(5)6)65-89-76(81)59-51-43-35-27-21-16-12-14-19-25-32-40-48-56-70(3)4/h69-75,80H,9-68H2,1-8H3,(H,85,86)(H,87,88)/t73?,74-,75-/m1/s1. The molecule has 0 aliphatic carbocycles. The molecule has 0 fully saturated rings. The smallest absolute Gasteiger partial charge is 0.462 e. The van der Waals surface area contributed by atoms with Gasteiger partial charge in [0, 0.05) is 25.7 Å². The van der Waals surface area contributed by atoms with Crippen LogP contribution < -0.4 is 0 Å². The van der Waals surface area contributed by atoms with E-state index < -0.39 is 97.5 Å². The normalized spacial score (nSPS) is 14.1. The molecule has 3 N–H and O–H groups in total. The van der Waals surface area contributed by atoms with Gasteiger partial charge in [0.15, 0.2) is 12.2 Å². The Morgan fingerprint density at radius 3 is 0.633 bits per heavy atom. The number of hydrogen-bond acceptors (Lipinski definition) is 15. The molecule has 0 aromatic rings. The molecule has 0 aliphatic heterocycles. The largest absolute Gasteiger partial charge is 0.472 e. The van der Waals surface area contributed by atoms with Crippen molar-refractivity contribution in [1.82, 2.24) is 0 Å². The fourth-order valence-corrected chi connectivity index (χ4v) is 13.7. The molecule has 0 aromatic heterocycles. The molecule has 98 heavy (non-hydrogen) atoms. The second-order valence-corrected chi connectivity index (χ2v) is 33.3. The Morgan fingerprint density at radius 1 is 0.255 bits per heavy atom. The highest BCUT2D eigenvalue weighted by Crippen LogP contribution is 2.45. The summed E-state index contributed by atoms with van der Waals surface area (Å²) >= 11 is 0. The quantitative estimate of drug-likeness (QED) is 0.0222. The summed E-state index contributed by atoms with van der Waals surface area (Å²) in [5, 5.41) is 10.6. The molecule has 0 radical (unpaired) electrons. The lowest BCUT2D eigenvalue weighted by Gasteiger charge is -2.21. The van der Waals surface area contributed by atoms with Crippen molar-refractivity contribution >= 4 is 39.5 Å². The van der Waals surface area contributed by atoms with Crippen LogP contribution in [0, 0.1) is 23.7 Å². The van der Waals surface area contributed by atoms with Gasteiger partial charge >= 0.3 is 39.5 Å². The van der Waals surface area contributed by atoms with Crippen molar-refractivity contribution in [2.75, 3.05) is 39.6 Å². The summed E-state index contributed by atoms with van der Waals surface area (Å²) in [5.74, 6) is 0.947. The van der Waals surface area contributed by atoms with Crippen molar-refractivity contribution < 1.29 is 80.2 Å². The van der Waals surface area contributed by atoms with Crippen LogP contribution in [0.1, 0.15) is 402 Å². The maximum absolute atomic E-state index is 13.1. The first kappa shape index (κ1) is 96.1. The number of carbonyl (C=O) groups excluding carboxylic acids is 4. The summed E-state index contributed by atoms with van der Waals surface area (Å²) in [6.45, 7) is 14.2. The average molecular weight is 1440 g/mol. The van der Waals surface area contributed by atoms with E-state index in [1.807, 2.05) is 0 Å². The number of unbranched alkanes of at least 4 members (excludes halogenated alkanes) is 42. The van der Waals surface area contributed by atoms with Gasteiger partial charge in [-0.25, -0.2) is 9.13 Å². The summed E-state index contributed by atoms with van der Waals surface area (Å²) in [6, 6.07) is 0. The number of aliphatic hydroxyl groups is 1. The van der Waals surface area contributed by atoms with Crippen molar-refractivity contribution in [3.8, 4) is 0 Å². The van der Waals surface area contributed by atoms with Crippen molar-refractivity contribution in [2.45, 2.75) is 420 Å². The van der Waals surface area contributed by atoms with Crippen LogP contribution in [-0.4, -0.2) is 96.7 Å². The Kier molecular flexibility index (Phi) is 66.8. The van der Waals surface area contributed by atoms with Crippen LogP contribution in [0.2, 0.25) is 0 Å². The fourth-order valence-electron chi connectivity index (χ4n) is 12.1. The van der Waals surface area contributed by atoms with Gasteiger partial charge in [-0.15, -0.1) is 0 Å². The summed E-state index contributed by atoms with van der Waals surface area (Å²) in [5.41, 5.74) is 0. The van der Waals surface area contributed by atoms with Crippen molar-refractivity contribution in [2.24, 2.45) is 23.7 Å². The maximum atomic E-state index is 13.1. The van der Waals surface area contributed by atoms with Gasteiger partial charge in [0.05, 0.1) is 26.4 Å². The second kappa shape index (κ2) is 68.2. The van der Waals surface area contributed by atoms with Crippen LogP contribution >= 0.6 is 15.6 Å². The number of rotatable bonds is 76. The Morgan fingerprint density at radius 2 is 0.429 bits per heavy atom. The molecule has 0 spiro atoms. The van der Waals surface area contributed by atoms with Gasteiger partial charge in [0.25, 0.3) is 0 Å². The van der Waals surface area contributed by atoms with Crippen LogP contribution in [-0.2, 0) is 65.4 Å². The van der Waals surface area contributed by atoms with E-state index in [1.54, 1.807) is 0 Å². The van der Waals surface area contributed by atoms with E-state index in [2.05, 4.69) is 55.4 Å². The van der Waals surface area contributed by atoms with Crippen LogP contribution in [0.4, 0.5) is 0 Å². The minimum absolute atomic E-state index is 0.106. The third kappa shape index (κ3) is 72.4. The predicted molar refractivity (Wildman–Crippen MR) is 400 cm³/mol. The molecule has 3 unspecified atom stereocenters. The molecule has 582 valence electrons. The molecular weight excluding hydrogens is 1280 g/mol. The Balaban J connectivity index is 5.24. The molecule has 0 saturated heterocycles. The summed E-state index contributed by atoms with van der Waals surface area (Å²) in [7, 11) is -9.92. The van der Waals surface area contributed by atoms with E-state index in [0.29, 0.717) is 31.6 Å². The van der Waals surface area contributed by atoms with Crippen LogP contribution in [0.3, 0.4) is 0 Å². The minimum atomic E-state index is -4.96. The summed E-state index contributed by atoms with van der Waals surface area (Å²) in [6.07, 6.45) is 54.1. The maximum Gasteiger partial charge on any atom is 0.472 e. The number of esters is 4. The number of phosphoric acid groups is 2. The fraction of sp³-hybridized carbons (Fsp3) is 0.949. The third-order valence-corrected chi connectivity index (χ3v) is 20.2. The SMILES string of the molecule is CC(C)CCCCCCCCCCCCCCCCCC(=O)O[C@H](COC(=O)CCCCCCCCCC(C)C)COP(=O)(O)OCC(O)COP(=O)(O)OC[C@@H](COC(=O)CCCCCCCCCCCCCCCC(C)C)OC(=O)CCCCCCCCCCCCCC(C)C. The third-order valence-electron chi connectivity index (χ3n) is 18.3. The zero-order valence-electron chi connectivity index (χ0n) is 64.4. The zero-order chi connectivity index (χ0) is 72.4. The Bertz CT molecular complexity index is 1920. The molecule has 0 aliphatic rings. The molecule has 0 amide bonds. The lowest BCUT2D eigenvalue weighted by molar-refractivity contribution is -0.161. The first-order valence-corrected chi connectivity index (χ1v) is 43.7. The Labute approximate surface area is 600 Å². The van der Waals surface area contributed by atoms with Gasteiger partial charge in [-0.05, 0) is 49.4 Å². The molecule has 19 heteroatoms. The van der Waals surface area contributed by atoms with Crippen LogP contribution in [0.15, 0.2) is 0 Å². The highest BCUT2D eigenvalue weighted by atomic mass is 31.2. The monoisotopic (exact) mass is 1440 g/mol. The first-order valence-electron chi connectivity index (χ1n) is 40.7. The zero-order valence-corrected chi connectivity index (χ0v) is 66.2. The van der Waals surface area contributed by atoms with Crippen molar-refractivity contribution in [3.05, 3.63) is 0 Å². The average Bonchev–Trinajstić information content (AvgIpc) is 1.03. The number of ether oxygens (including phenoxy) is 4. The van der Waals surface area contributed by atoms with E-state index >= 15 is 0 Å². The van der Waals surface area contributed by atoms with Gasteiger partial charge in [0.1, 0.15) is 19.3 Å². The molecule has 0 bridgehead atoms. The highest BCUT2D eigenvalue weighted by Gasteiger charge is 2.30. The van der Waals surface area contributed by atoms with Crippen LogP contribution in [0.25, 0.3) is 0 Å². The van der Waals surface area contributed by atoms with E-state index in [0.717, 1.165) is 114 Å². The van der Waals surface area contributed by atoms with Crippen molar-refractivity contribution in [1.29, 1.82) is 0 Å². The van der Waals surface area contributed by atoms with E-state index in [9.17, 15) is 43.2 Å². The number of hydrogen-bond donors (Lipinski definition) is 3. The molecule has 0 saturated carbocycles. The molecule has 0 heterocycles. The number of aliphatic hydroxyl groups excluding tert-OH is 1. The Hall–Kier alpha value is -1.94. The first-order chi connectivity index (χ1) is 47.1. The van der Waals surface area contributed by atoms with Gasteiger partial charge in [0.2, 0.25) is 0 Å². The van der Waals surface area contributed by atoms with Crippen LogP contribution in [0.5, 0.6) is 0 Å². The molecule has 0 aromatic carbocycles. The molecule has 0 rings (SSSR count). The minimum Gasteiger partial charge on any atom is -0.462 e. The van der Waals surface area contributed by atoms with Gasteiger partial charge < -0.3 is 33.8 Å². The predicted octanol–water partition coefficient (Wildman–Crippen LogP) is 23.2. The van der Waals surface area contributed by atoms with E-state index in [1.165, 1.54) is 199 Å². The van der Waals surface area contributed by atoms with Gasteiger partial charge in [-0.2, -0.15) is 0 Å². The molecule has 17 nitrogen and oxygen atoms in total. The lowest BCUT2D eigenvalue weighted by atomic mass is 10.0. The number of phosphoric ester groups is 2. The summed E-state index contributed by atoms with van der Waals surface area (Å²) in [4.78, 5) is 72.9. The number of carbonyl (C=O) groups is 4. The molecule has 5 atom stereocenters. The van der Waals surface area contributed by atoms with Crippen molar-refractivity contribution in [3.63, 3.8) is 0 Å². The topological polar surface area (TPSA) is 237 Å². The van der Waals surface area contributed by atoms with Gasteiger partial charge in [-0.3, -0.25) is 37.3 Å². The van der Waals surface area contributed by atoms with E-state index in [-0.39, 0.29) is 25.7 Å². The van der Waals surface area contributed by atoms with Gasteiger partial charge in [-0.1, -0.05) is 351 Å². The summed E-state index contributed by atoms with van der Waals surface area (Å²) < 4.78 is 68.6. The second-order valence-electron chi connectivity index (χ2n) is 30.4. The highest BCUT2D eigenvalue weighted by molar-refractivity contribution is 7.47. The van der Waals surface area contributed by atoms with E-state index in [4.69, 9.17) is 37.0 Å². The lowest BCUT2D eigenvalue weighted by Crippen LogP contribution is -2.30. The molecular formula is C79H154O17P2.